The van der Waals surface area contributed by atoms with E-state index in [-0.39, 0.29) is 58.9 Å². The minimum atomic E-state index is -4.67. The van der Waals surface area contributed by atoms with Gasteiger partial charge in [-0.3, -0.25) is 9.11 Å². The van der Waals surface area contributed by atoms with Crippen LogP contribution in [0.5, 0.6) is 0 Å². The van der Waals surface area contributed by atoms with E-state index in [9.17, 15) is 0 Å². The molecule has 9 heteroatoms. The van der Waals surface area contributed by atoms with Gasteiger partial charge in [0.25, 0.3) is 0 Å². The molecule has 0 radical (unpaired) electrons. The van der Waals surface area contributed by atoms with Crippen molar-refractivity contribution in [1.29, 1.82) is 0 Å². The van der Waals surface area contributed by atoms with E-state index in [0.717, 1.165) is 0 Å². The van der Waals surface area contributed by atoms with Gasteiger partial charge in [-0.05, 0) is 0 Å². The number of rotatable bonds is 0. The average molecular weight is 291 g/mol. The molecule has 0 aliphatic rings. The fourth-order valence-corrected chi connectivity index (χ4v) is 0. The Kier molecular flexibility index (Phi) is 42.3. The van der Waals surface area contributed by atoms with Crippen LogP contribution in [0.25, 0.3) is 0 Å². The summed E-state index contributed by atoms with van der Waals surface area (Å²) < 4.78 is 31.6. The van der Waals surface area contributed by atoms with Crippen LogP contribution in [0.4, 0.5) is 0 Å². The molecule has 0 rings (SSSR count). The van der Waals surface area contributed by atoms with Gasteiger partial charge in [0.15, 0.2) is 0 Å². The first kappa shape index (κ1) is 32.1. The van der Waals surface area contributed by atoms with Crippen LogP contribution in [0, 0.1) is 41.7 Å². The van der Waals surface area contributed by atoms with Gasteiger partial charge in [-0.2, -0.15) is 8.42 Å². The van der Waals surface area contributed by atoms with Crippen LogP contribution >= 0.6 is 0 Å². The second-order valence-electron chi connectivity index (χ2n) is 0.448. The van der Waals surface area contributed by atoms with Gasteiger partial charge in [-0.15, -0.1) is 0 Å². The fourth-order valence-electron chi connectivity index (χ4n) is 0. The quantitative estimate of drug-likeness (QED) is 0.431. The summed E-state index contributed by atoms with van der Waals surface area (Å²) >= 11 is 0. The normalized spacial score (nSPS) is 6.44. The molecule has 7 nitrogen and oxygen atoms in total. The third-order valence-corrected chi connectivity index (χ3v) is 0. The Labute approximate surface area is 86.0 Å². The van der Waals surface area contributed by atoms with Crippen LogP contribution < -0.4 is 6.15 Å². The van der Waals surface area contributed by atoms with Gasteiger partial charge in [0.2, 0.25) is 0 Å². The molecule has 0 saturated carbocycles. The van der Waals surface area contributed by atoms with E-state index in [1.165, 1.54) is 0 Å². The molecule has 9 heavy (non-hydrogen) atoms. The van der Waals surface area contributed by atoms with Crippen molar-refractivity contribution in [3.63, 3.8) is 0 Å². The Morgan fingerprint density at radius 1 is 1.00 bits per heavy atom. The minimum Gasteiger partial charge on any atom is -0.412 e. The topological polar surface area (TPSA) is 173 Å². The summed E-state index contributed by atoms with van der Waals surface area (Å²) in [5.74, 6) is 0. The molecule has 60 valence electrons. The van der Waals surface area contributed by atoms with Crippen molar-refractivity contribution < 1.29 is 70.2 Å². The van der Waals surface area contributed by atoms with Gasteiger partial charge in [-0.25, -0.2) is 0 Å². The van der Waals surface area contributed by atoms with Crippen molar-refractivity contribution in [3.05, 3.63) is 0 Å². The maximum absolute atomic E-state index is 8.74. The molecule has 0 aliphatic carbocycles. The predicted octanol–water partition coefficient (Wildman–Crippen LogP) is -2.14. The van der Waals surface area contributed by atoms with E-state index in [1.807, 2.05) is 0 Å². The first-order chi connectivity index (χ1) is 2.00. The number of hydrogen-bond donors (Lipinski definition) is 3. The Hall–Kier alpha value is 1.13. The van der Waals surface area contributed by atoms with Crippen LogP contribution in [0.1, 0.15) is 0 Å². The van der Waals surface area contributed by atoms with Crippen molar-refractivity contribution in [3.8, 4) is 0 Å². The molecule has 0 fully saturated rings. The van der Waals surface area contributed by atoms with Crippen LogP contribution in [0.2, 0.25) is 0 Å². The van der Waals surface area contributed by atoms with E-state index in [4.69, 9.17) is 17.5 Å². The molecule has 0 atom stereocenters. The third kappa shape index (κ3) is 365. The Morgan fingerprint density at radius 3 is 1.00 bits per heavy atom. The van der Waals surface area contributed by atoms with Gasteiger partial charge in [0.05, 0.1) is 0 Å². The largest absolute Gasteiger partial charge is 0.412 e. The van der Waals surface area contributed by atoms with Gasteiger partial charge in [-0.1, -0.05) is 0 Å². The summed E-state index contributed by atoms with van der Waals surface area (Å²) in [5.41, 5.74) is 0. The molecule has 0 saturated heterocycles. The number of hydrogen-bond acceptors (Lipinski definition) is 3. The van der Waals surface area contributed by atoms with Crippen molar-refractivity contribution in [2.75, 3.05) is 0 Å². The summed E-state index contributed by atoms with van der Waals surface area (Å²) in [5, 5.41) is 0. The molecule has 0 aliphatic heterocycles. The first-order valence-corrected chi connectivity index (χ1v) is 2.10. The van der Waals surface area contributed by atoms with Crippen LogP contribution in [0.3, 0.4) is 0 Å². The molecule has 0 aromatic carbocycles. The maximum atomic E-state index is 8.74. The van der Waals surface area contributed by atoms with Gasteiger partial charge in [0.1, 0.15) is 0 Å². The zero-order valence-corrected chi connectivity index (χ0v) is 8.28. The fraction of sp³-hybridized carbons (Fsp3) is 0. The van der Waals surface area contributed by atoms with Gasteiger partial charge in [0, 0.05) is 41.7 Å². The summed E-state index contributed by atoms with van der Waals surface area (Å²) in [7, 11) is -4.67. The van der Waals surface area contributed by atoms with Crippen molar-refractivity contribution in [1.82, 2.24) is 6.15 Å². The maximum Gasteiger partial charge on any atom is 0.394 e. The Morgan fingerprint density at radius 2 is 1.00 bits per heavy atom. The zero-order valence-electron chi connectivity index (χ0n) is 4.33. The van der Waals surface area contributed by atoms with Crippen molar-refractivity contribution >= 4 is 10.4 Å². The minimum absolute atomic E-state index is 0. The zero-order chi connectivity index (χ0) is 4.50. The summed E-state index contributed by atoms with van der Waals surface area (Å²) in [4.78, 5) is 0. The molecule has 0 heterocycles. The summed E-state index contributed by atoms with van der Waals surface area (Å²) in [6, 6.07) is 0. The average Bonchev–Trinajstić information content (AvgIpc) is 0.722. The van der Waals surface area contributed by atoms with Gasteiger partial charge >= 0.3 is 10.4 Å². The SMILES string of the molecule is N.O.O.O=S(=O)(O)O.[Ce]. The first-order valence-electron chi connectivity index (χ1n) is 0.698. The van der Waals surface area contributed by atoms with Crippen molar-refractivity contribution in [2.45, 2.75) is 0 Å². The molecule has 0 amide bonds. The molecular weight excluding hydrogens is 282 g/mol. The second kappa shape index (κ2) is 11.9. The van der Waals surface area contributed by atoms with E-state index in [2.05, 4.69) is 0 Å². The standard InChI is InChI=1S/Ce.H3N.H2O4S.2H2O/c;;1-5(2,3)4;;/h;1H3;(H2,1,2,3,4);2*1H2. The third-order valence-electron chi connectivity index (χ3n) is 0. The molecular formula is H9CeNO6S. The summed E-state index contributed by atoms with van der Waals surface area (Å²) in [6.45, 7) is 0. The molecule has 0 aromatic rings. The molecule has 0 aromatic heterocycles. The monoisotopic (exact) mass is 291 g/mol. The van der Waals surface area contributed by atoms with E-state index in [0.29, 0.717) is 0 Å². The van der Waals surface area contributed by atoms with E-state index >= 15 is 0 Å². The molecule has 9 N–H and O–H groups in total. The van der Waals surface area contributed by atoms with Crippen molar-refractivity contribution in [2.24, 2.45) is 0 Å². The molecule has 0 spiro atoms. The molecule has 0 bridgehead atoms. The summed E-state index contributed by atoms with van der Waals surface area (Å²) in [6.07, 6.45) is 0. The van der Waals surface area contributed by atoms with Crippen LogP contribution in [0.15, 0.2) is 0 Å². The van der Waals surface area contributed by atoms with E-state index < -0.39 is 10.4 Å². The van der Waals surface area contributed by atoms with Crippen LogP contribution in [-0.4, -0.2) is 28.5 Å². The Bertz CT molecular complexity index is 96.2. The molecule has 0 unspecified atom stereocenters. The Balaban J connectivity index is -0.0000000133. The second-order valence-corrected chi connectivity index (χ2v) is 1.34. The van der Waals surface area contributed by atoms with Crippen LogP contribution in [-0.2, 0) is 10.4 Å². The van der Waals surface area contributed by atoms with Gasteiger partial charge < -0.3 is 17.1 Å². The predicted molar refractivity (Wildman–Crippen MR) is 26.4 cm³/mol. The smallest absolute Gasteiger partial charge is 0.394 e. The van der Waals surface area contributed by atoms with E-state index in [1.54, 1.807) is 0 Å².